The lowest BCUT2D eigenvalue weighted by atomic mass is 10.0. The zero-order chi connectivity index (χ0) is 15.3. The molecule has 20 heavy (non-hydrogen) atoms. The fraction of sp³-hybridized carbons (Fsp3) is 0.471. The minimum atomic E-state index is -1.37. The molecule has 0 aromatic heterocycles. The second-order valence-electron chi connectivity index (χ2n) is 5.48. The summed E-state index contributed by atoms with van der Waals surface area (Å²) in [5.74, 6) is 0.145. The van der Waals surface area contributed by atoms with Crippen LogP contribution in [0.5, 0.6) is 0 Å². The van der Waals surface area contributed by atoms with Crippen molar-refractivity contribution in [3.63, 3.8) is 0 Å². The van der Waals surface area contributed by atoms with Crippen molar-refractivity contribution in [2.24, 2.45) is 0 Å². The Bertz CT molecular complexity index is 483. The Morgan fingerprint density at radius 1 is 1.15 bits per heavy atom. The Labute approximate surface area is 123 Å². The highest BCUT2D eigenvalue weighted by atomic mass is 31.2. The van der Waals surface area contributed by atoms with Crippen molar-refractivity contribution in [1.29, 1.82) is 0 Å². The summed E-state index contributed by atoms with van der Waals surface area (Å²) in [6, 6.07) is 10.1. The van der Waals surface area contributed by atoms with Crippen LogP contribution in [-0.2, 0) is 4.79 Å². The van der Waals surface area contributed by atoms with E-state index in [-0.39, 0.29) is 17.2 Å². The van der Waals surface area contributed by atoms with Gasteiger partial charge in [-0.1, -0.05) is 30.3 Å². The number of aliphatic hydroxyl groups is 1. The first-order valence-corrected chi connectivity index (χ1v) is 9.84. The van der Waals surface area contributed by atoms with Gasteiger partial charge in [-0.15, -0.1) is 0 Å². The van der Waals surface area contributed by atoms with Crippen molar-refractivity contribution in [2.45, 2.75) is 33.4 Å². The highest BCUT2D eigenvalue weighted by Crippen LogP contribution is 2.69. The molecule has 0 amide bonds. The zero-order valence-electron chi connectivity index (χ0n) is 13.2. The lowest BCUT2D eigenvalue weighted by Gasteiger charge is -2.31. The summed E-state index contributed by atoms with van der Waals surface area (Å²) in [6.45, 7) is 9.87. The third-order valence-electron chi connectivity index (χ3n) is 4.23. The molecule has 0 heterocycles. The van der Waals surface area contributed by atoms with Gasteiger partial charge in [0, 0.05) is 13.9 Å². The topological polar surface area (TPSA) is 37.3 Å². The fourth-order valence-electron chi connectivity index (χ4n) is 2.71. The van der Waals surface area contributed by atoms with Crippen molar-refractivity contribution in [3.05, 3.63) is 47.2 Å². The molecule has 0 saturated heterocycles. The third-order valence-corrected chi connectivity index (χ3v) is 8.92. The van der Waals surface area contributed by atoms with E-state index in [2.05, 4.69) is 32.6 Å². The van der Waals surface area contributed by atoms with E-state index < -0.39 is 7.26 Å². The van der Waals surface area contributed by atoms with Crippen LogP contribution in [0.15, 0.2) is 41.7 Å². The average molecular weight is 293 g/mol. The number of carbonyl (C=O) groups excluding carboxylic acids is 1. The van der Waals surface area contributed by atoms with Crippen LogP contribution in [0.25, 0.3) is 0 Å². The predicted molar refractivity (Wildman–Crippen MR) is 89.1 cm³/mol. The molecule has 1 atom stereocenters. The summed E-state index contributed by atoms with van der Waals surface area (Å²) in [6.07, 6.45) is 2.13. The van der Waals surface area contributed by atoms with Crippen molar-refractivity contribution in [2.75, 3.05) is 19.0 Å². The van der Waals surface area contributed by atoms with Crippen LogP contribution < -0.4 is 0 Å². The first-order chi connectivity index (χ1) is 9.37. The Kier molecular flexibility index (Phi) is 5.95. The van der Waals surface area contributed by atoms with E-state index in [0.717, 1.165) is 17.9 Å². The SMILES string of the molecule is CC[P+](C)(CC)C(/C(C(C)=O)=C(/C)O)c1ccccc1. The highest BCUT2D eigenvalue weighted by molar-refractivity contribution is 7.75. The van der Waals surface area contributed by atoms with Gasteiger partial charge in [0.15, 0.2) is 5.78 Å². The number of hydrogen-bond donors (Lipinski definition) is 1. The minimum Gasteiger partial charge on any atom is -0.512 e. The molecule has 0 fully saturated rings. The second kappa shape index (κ2) is 7.04. The van der Waals surface area contributed by atoms with Crippen LogP contribution in [0.4, 0.5) is 0 Å². The molecule has 1 unspecified atom stereocenters. The van der Waals surface area contributed by atoms with E-state index in [4.69, 9.17) is 0 Å². The maximum absolute atomic E-state index is 12.1. The number of aliphatic hydroxyl groups excluding tert-OH is 1. The van der Waals surface area contributed by atoms with E-state index in [1.807, 2.05) is 18.2 Å². The van der Waals surface area contributed by atoms with E-state index in [1.54, 1.807) is 13.8 Å². The minimum absolute atomic E-state index is 0.0213. The second-order valence-corrected chi connectivity index (χ2v) is 10.2. The first-order valence-electron chi connectivity index (χ1n) is 7.17. The lowest BCUT2D eigenvalue weighted by molar-refractivity contribution is -0.113. The first kappa shape index (κ1) is 16.9. The summed E-state index contributed by atoms with van der Waals surface area (Å²) in [5, 5.41) is 10.0. The van der Waals surface area contributed by atoms with Crippen LogP contribution in [-0.4, -0.2) is 29.9 Å². The molecule has 0 aliphatic rings. The van der Waals surface area contributed by atoms with Crippen molar-refractivity contribution in [1.82, 2.24) is 0 Å². The lowest BCUT2D eigenvalue weighted by Crippen LogP contribution is -2.17. The van der Waals surface area contributed by atoms with Crippen LogP contribution in [0, 0.1) is 0 Å². The van der Waals surface area contributed by atoms with Crippen LogP contribution in [0.2, 0.25) is 0 Å². The molecule has 3 heteroatoms. The largest absolute Gasteiger partial charge is 0.512 e. The molecular formula is C17H26O2P+. The van der Waals surface area contributed by atoms with Crippen LogP contribution >= 0.6 is 7.26 Å². The van der Waals surface area contributed by atoms with E-state index in [1.165, 1.54) is 0 Å². The Hall–Kier alpha value is -1.14. The molecule has 0 aliphatic carbocycles. The molecule has 0 radical (unpaired) electrons. The van der Waals surface area contributed by atoms with Gasteiger partial charge in [0.05, 0.1) is 17.9 Å². The van der Waals surface area contributed by atoms with E-state index in [0.29, 0.717) is 5.57 Å². The van der Waals surface area contributed by atoms with Crippen LogP contribution in [0.1, 0.15) is 38.9 Å². The maximum Gasteiger partial charge on any atom is 0.163 e. The molecule has 1 rings (SSSR count). The molecule has 0 spiro atoms. The van der Waals surface area contributed by atoms with Gasteiger partial charge in [0.2, 0.25) is 0 Å². The van der Waals surface area contributed by atoms with Gasteiger partial charge >= 0.3 is 0 Å². The number of ketones is 1. The highest BCUT2D eigenvalue weighted by Gasteiger charge is 2.43. The molecule has 0 bridgehead atoms. The molecular weight excluding hydrogens is 267 g/mol. The van der Waals surface area contributed by atoms with Crippen molar-refractivity contribution in [3.8, 4) is 0 Å². The number of hydrogen-bond acceptors (Lipinski definition) is 2. The summed E-state index contributed by atoms with van der Waals surface area (Å²) < 4.78 is 0. The summed E-state index contributed by atoms with van der Waals surface area (Å²) in [7, 11) is -1.37. The number of Topliss-reactive ketones (excluding diaryl/α,β-unsaturated/α-hetero) is 1. The number of benzene rings is 1. The van der Waals surface area contributed by atoms with Gasteiger partial charge in [-0.05, 0) is 33.3 Å². The summed E-state index contributed by atoms with van der Waals surface area (Å²) in [5.41, 5.74) is 1.78. The molecule has 1 N–H and O–H groups in total. The van der Waals surface area contributed by atoms with Crippen LogP contribution in [0.3, 0.4) is 0 Å². The molecule has 1 aromatic rings. The standard InChI is InChI=1S/C17H25O2P/c1-6-20(5,7-2)17(15-11-9-8-10-12-15)16(13(3)18)14(4)19/h8-12,17H,6-7H2,1-5H3/p+1. The fourth-order valence-corrected chi connectivity index (χ4v) is 5.77. The number of rotatable bonds is 6. The third kappa shape index (κ3) is 3.49. The normalized spacial score (nSPS) is 14.7. The smallest absolute Gasteiger partial charge is 0.163 e. The molecule has 1 aromatic carbocycles. The van der Waals surface area contributed by atoms with Gasteiger partial charge in [-0.3, -0.25) is 4.79 Å². The van der Waals surface area contributed by atoms with E-state index >= 15 is 0 Å². The quantitative estimate of drug-likeness (QED) is 0.463. The van der Waals surface area contributed by atoms with Crippen molar-refractivity contribution < 1.29 is 9.90 Å². The van der Waals surface area contributed by atoms with Gasteiger partial charge < -0.3 is 5.11 Å². The Morgan fingerprint density at radius 3 is 2.00 bits per heavy atom. The molecule has 0 aliphatic heterocycles. The molecule has 2 nitrogen and oxygen atoms in total. The van der Waals surface area contributed by atoms with Gasteiger partial charge in [0.1, 0.15) is 11.4 Å². The predicted octanol–water partition coefficient (Wildman–Crippen LogP) is 4.84. The Balaban J connectivity index is 3.51. The monoisotopic (exact) mass is 293 g/mol. The zero-order valence-corrected chi connectivity index (χ0v) is 14.1. The molecule has 110 valence electrons. The number of allylic oxidation sites excluding steroid dienone is 2. The van der Waals surface area contributed by atoms with Crippen molar-refractivity contribution >= 4 is 13.0 Å². The number of carbonyl (C=O) groups is 1. The summed E-state index contributed by atoms with van der Waals surface area (Å²) >= 11 is 0. The van der Waals surface area contributed by atoms with E-state index in [9.17, 15) is 9.90 Å². The van der Waals surface area contributed by atoms with Gasteiger partial charge in [-0.2, -0.15) is 0 Å². The van der Waals surface area contributed by atoms with Gasteiger partial charge in [0.25, 0.3) is 0 Å². The summed E-state index contributed by atoms with van der Waals surface area (Å²) in [4.78, 5) is 12.1. The Morgan fingerprint density at radius 2 is 1.65 bits per heavy atom. The average Bonchev–Trinajstić information content (AvgIpc) is 2.43. The molecule has 0 saturated carbocycles. The van der Waals surface area contributed by atoms with Gasteiger partial charge in [-0.25, -0.2) is 0 Å². The maximum atomic E-state index is 12.1.